The van der Waals surface area contributed by atoms with E-state index < -0.39 is 8.80 Å². The van der Waals surface area contributed by atoms with E-state index in [-0.39, 0.29) is 0 Å². The van der Waals surface area contributed by atoms with Crippen molar-refractivity contribution in [3.05, 3.63) is 29.3 Å². The Morgan fingerprint density at radius 3 is 2.37 bits per heavy atom. The molecule has 108 valence electrons. The summed E-state index contributed by atoms with van der Waals surface area (Å²) in [5.41, 5.74) is 2.57. The average Bonchev–Trinajstić information content (AvgIpc) is 2.35. The van der Waals surface area contributed by atoms with Crippen LogP contribution in [0.5, 0.6) is 5.75 Å². The fourth-order valence-electron chi connectivity index (χ4n) is 1.77. The molecule has 0 saturated heterocycles. The maximum atomic E-state index is 6.25. The van der Waals surface area contributed by atoms with Crippen LogP contribution in [0.2, 0.25) is 18.1 Å². The molecule has 0 N–H and O–H groups in total. The summed E-state index contributed by atoms with van der Waals surface area (Å²) in [6.45, 7) is 14.7. The van der Waals surface area contributed by atoms with Crippen LogP contribution in [0.3, 0.4) is 0 Å². The van der Waals surface area contributed by atoms with Crippen LogP contribution in [0.15, 0.2) is 18.2 Å². The third-order valence-electron chi connectivity index (χ3n) is 4.04. The third-order valence-corrected chi connectivity index (χ3v) is 7.94. The highest BCUT2D eigenvalue weighted by atomic mass is 79.9. The molecule has 0 fully saturated rings. The Bertz CT molecular complexity index is 413. The maximum Gasteiger partial charge on any atom is 0.126 e. The highest BCUT2D eigenvalue weighted by molar-refractivity contribution is 9.08. The van der Waals surface area contributed by atoms with E-state index in [9.17, 15) is 0 Å². The summed E-state index contributed by atoms with van der Waals surface area (Å²) in [4.78, 5) is 0. The lowest BCUT2D eigenvalue weighted by Gasteiger charge is -2.29. The zero-order chi connectivity index (χ0) is 14.6. The lowest BCUT2D eigenvalue weighted by atomic mass is 9.99. The maximum absolute atomic E-state index is 6.25. The summed E-state index contributed by atoms with van der Waals surface area (Å²) in [6, 6.07) is 6.46. The monoisotopic (exact) mass is 342 g/mol. The number of benzene rings is 1. The fraction of sp³-hybridized carbons (Fsp3) is 0.625. The van der Waals surface area contributed by atoms with Gasteiger partial charge in [-0.25, -0.2) is 0 Å². The second kappa shape index (κ2) is 6.94. The van der Waals surface area contributed by atoms with Gasteiger partial charge in [-0.05, 0) is 16.5 Å². The van der Waals surface area contributed by atoms with Crippen molar-refractivity contribution in [3.8, 4) is 5.75 Å². The molecule has 0 amide bonds. The van der Waals surface area contributed by atoms with Gasteiger partial charge in [0.15, 0.2) is 0 Å². The van der Waals surface area contributed by atoms with E-state index in [0.29, 0.717) is 11.0 Å². The molecule has 0 atom stereocenters. The third kappa shape index (κ3) is 4.35. The van der Waals surface area contributed by atoms with Gasteiger partial charge in [-0.3, -0.25) is 0 Å². The molecule has 0 spiro atoms. The van der Waals surface area contributed by atoms with E-state index in [1.165, 1.54) is 11.1 Å². The van der Waals surface area contributed by atoms with Gasteiger partial charge in [-0.1, -0.05) is 74.9 Å². The molecule has 3 heteroatoms. The SMILES string of the molecule is CC(C)c1cccc(CBr)c1OCC(C)(C)[SiH](C)C. The number of rotatable bonds is 6. The first-order valence-electron chi connectivity index (χ1n) is 7.10. The summed E-state index contributed by atoms with van der Waals surface area (Å²) >= 11 is 3.57. The van der Waals surface area contributed by atoms with Gasteiger partial charge < -0.3 is 4.74 Å². The Balaban J connectivity index is 2.99. The standard InChI is InChI=1S/C16H27BrOSi/c1-12(2)14-9-7-8-13(10-17)15(14)18-11-16(3,4)19(5)6/h7-9,12,19H,10-11H2,1-6H3. The lowest BCUT2D eigenvalue weighted by molar-refractivity contribution is 0.271. The molecule has 0 aliphatic rings. The number of ether oxygens (including phenoxy) is 1. The van der Waals surface area contributed by atoms with Crippen LogP contribution in [0.1, 0.15) is 44.7 Å². The van der Waals surface area contributed by atoms with Gasteiger partial charge in [0.05, 0.1) is 6.61 Å². The van der Waals surface area contributed by atoms with E-state index >= 15 is 0 Å². The smallest absolute Gasteiger partial charge is 0.126 e. The Morgan fingerprint density at radius 2 is 1.89 bits per heavy atom. The molecule has 19 heavy (non-hydrogen) atoms. The van der Waals surface area contributed by atoms with E-state index in [1.807, 2.05) is 0 Å². The molecular formula is C16H27BrOSi. The minimum atomic E-state index is -0.722. The molecule has 0 aliphatic heterocycles. The molecule has 0 aromatic heterocycles. The van der Waals surface area contributed by atoms with E-state index in [2.05, 4.69) is 74.9 Å². The van der Waals surface area contributed by atoms with Crippen molar-refractivity contribution < 1.29 is 4.74 Å². The molecule has 1 nitrogen and oxygen atoms in total. The lowest BCUT2D eigenvalue weighted by Crippen LogP contribution is -2.28. The first kappa shape index (κ1) is 16.8. The number of hydrogen-bond donors (Lipinski definition) is 0. The number of hydrogen-bond acceptors (Lipinski definition) is 1. The summed E-state index contributed by atoms with van der Waals surface area (Å²) in [6.07, 6.45) is 0. The Labute approximate surface area is 128 Å². The minimum Gasteiger partial charge on any atom is -0.493 e. The average molecular weight is 343 g/mol. The summed E-state index contributed by atoms with van der Waals surface area (Å²) in [5, 5.41) is 1.18. The second-order valence-electron chi connectivity index (χ2n) is 6.56. The minimum absolute atomic E-state index is 0.327. The van der Waals surface area contributed by atoms with Gasteiger partial charge in [0.25, 0.3) is 0 Å². The van der Waals surface area contributed by atoms with Gasteiger partial charge in [0.2, 0.25) is 0 Å². The first-order chi connectivity index (χ1) is 8.79. The normalized spacial score (nSPS) is 12.3. The first-order valence-corrected chi connectivity index (χ1v) is 11.1. The molecule has 0 heterocycles. The summed E-state index contributed by atoms with van der Waals surface area (Å²) in [7, 11) is -0.722. The van der Waals surface area contributed by atoms with Crippen LogP contribution in [0, 0.1) is 0 Å². The molecule has 0 aliphatic carbocycles. The second-order valence-corrected chi connectivity index (χ2v) is 11.0. The van der Waals surface area contributed by atoms with Crippen LogP contribution in [-0.4, -0.2) is 15.4 Å². The van der Waals surface area contributed by atoms with Gasteiger partial charge >= 0.3 is 0 Å². The van der Waals surface area contributed by atoms with Crippen LogP contribution in [-0.2, 0) is 5.33 Å². The number of halogens is 1. The Morgan fingerprint density at radius 1 is 1.26 bits per heavy atom. The van der Waals surface area contributed by atoms with Crippen molar-refractivity contribution in [2.75, 3.05) is 6.61 Å². The van der Waals surface area contributed by atoms with Gasteiger partial charge in [-0.15, -0.1) is 0 Å². The molecule has 1 aromatic rings. The quantitative estimate of drug-likeness (QED) is 0.500. The van der Waals surface area contributed by atoms with Crippen LogP contribution in [0.25, 0.3) is 0 Å². The summed E-state index contributed by atoms with van der Waals surface area (Å²) in [5.74, 6) is 1.59. The molecule has 0 unspecified atom stereocenters. The molecule has 0 radical (unpaired) electrons. The Kier molecular flexibility index (Phi) is 6.12. The van der Waals surface area contributed by atoms with Gasteiger partial charge in [-0.2, -0.15) is 0 Å². The molecule has 1 aromatic carbocycles. The zero-order valence-electron chi connectivity index (χ0n) is 13.1. The number of alkyl halides is 1. The van der Waals surface area contributed by atoms with Gasteiger partial charge in [0.1, 0.15) is 5.75 Å². The fourth-order valence-corrected chi connectivity index (χ4v) is 2.62. The van der Waals surface area contributed by atoms with Crippen LogP contribution < -0.4 is 4.74 Å². The van der Waals surface area contributed by atoms with E-state index in [0.717, 1.165) is 17.7 Å². The highest BCUT2D eigenvalue weighted by Crippen LogP contribution is 2.35. The van der Waals surface area contributed by atoms with Crippen molar-refractivity contribution in [3.63, 3.8) is 0 Å². The van der Waals surface area contributed by atoms with Crippen molar-refractivity contribution in [1.29, 1.82) is 0 Å². The van der Waals surface area contributed by atoms with Crippen molar-refractivity contribution >= 4 is 24.7 Å². The topological polar surface area (TPSA) is 9.23 Å². The summed E-state index contributed by atoms with van der Waals surface area (Å²) < 4.78 is 6.25. The zero-order valence-corrected chi connectivity index (χ0v) is 15.8. The van der Waals surface area contributed by atoms with Crippen LogP contribution in [0.4, 0.5) is 0 Å². The largest absolute Gasteiger partial charge is 0.493 e. The van der Waals surface area contributed by atoms with E-state index in [1.54, 1.807) is 0 Å². The molecular weight excluding hydrogens is 316 g/mol. The highest BCUT2D eigenvalue weighted by Gasteiger charge is 2.25. The van der Waals surface area contributed by atoms with Crippen LogP contribution >= 0.6 is 15.9 Å². The predicted molar refractivity (Wildman–Crippen MR) is 91.6 cm³/mol. The predicted octanol–water partition coefficient (Wildman–Crippen LogP) is 5.35. The van der Waals surface area contributed by atoms with Crippen molar-refractivity contribution in [2.45, 2.75) is 57.1 Å². The molecule has 0 bridgehead atoms. The molecule has 1 rings (SSSR count). The Hall–Kier alpha value is -0.283. The number of para-hydroxylation sites is 1. The van der Waals surface area contributed by atoms with Gasteiger partial charge in [0, 0.05) is 19.7 Å². The molecule has 0 saturated carbocycles. The van der Waals surface area contributed by atoms with Crippen molar-refractivity contribution in [2.24, 2.45) is 0 Å². The van der Waals surface area contributed by atoms with Crippen molar-refractivity contribution in [1.82, 2.24) is 0 Å². The van der Waals surface area contributed by atoms with E-state index in [4.69, 9.17) is 4.74 Å².